The molecule has 2 N–H and O–H groups in total. The second-order valence-corrected chi connectivity index (χ2v) is 4.79. The first-order valence-electron chi connectivity index (χ1n) is 5.78. The van der Waals surface area contributed by atoms with Gasteiger partial charge in [-0.05, 0) is 23.6 Å². The van der Waals surface area contributed by atoms with E-state index in [1.807, 2.05) is 18.2 Å². The molecule has 0 amide bonds. The van der Waals surface area contributed by atoms with Gasteiger partial charge in [0.05, 0.1) is 10.7 Å². The number of anilines is 1. The van der Waals surface area contributed by atoms with Crippen LogP contribution in [0.4, 0.5) is 5.69 Å². The van der Waals surface area contributed by atoms with Gasteiger partial charge in [0.2, 0.25) is 0 Å². The standard InChI is InChI=1S/C13H21ClN2/c1-4-10(2)9-16(3)13-6-5-11(8-15)7-12(13)14/h5-7,10H,4,8-9,15H2,1-3H3. The first kappa shape index (κ1) is 13.3. The lowest BCUT2D eigenvalue weighted by atomic mass is 10.1. The maximum Gasteiger partial charge on any atom is 0.0642 e. The molecule has 0 heterocycles. The molecule has 0 saturated heterocycles. The van der Waals surface area contributed by atoms with Crippen molar-refractivity contribution in [2.45, 2.75) is 26.8 Å². The fraction of sp³-hybridized carbons (Fsp3) is 0.538. The topological polar surface area (TPSA) is 29.3 Å². The largest absolute Gasteiger partial charge is 0.373 e. The Labute approximate surface area is 103 Å². The lowest BCUT2D eigenvalue weighted by Gasteiger charge is -2.24. The molecule has 3 heteroatoms. The smallest absolute Gasteiger partial charge is 0.0642 e. The van der Waals surface area contributed by atoms with Crippen molar-refractivity contribution in [2.24, 2.45) is 11.7 Å². The number of benzene rings is 1. The Kier molecular flexibility index (Phi) is 5.10. The summed E-state index contributed by atoms with van der Waals surface area (Å²) in [6.07, 6.45) is 1.18. The third-order valence-corrected chi connectivity index (χ3v) is 3.24. The maximum atomic E-state index is 6.23. The van der Waals surface area contributed by atoms with Gasteiger partial charge in [0.25, 0.3) is 0 Å². The van der Waals surface area contributed by atoms with Crippen LogP contribution in [0.15, 0.2) is 18.2 Å². The molecule has 0 fully saturated rings. The molecule has 0 radical (unpaired) electrons. The van der Waals surface area contributed by atoms with E-state index in [1.165, 1.54) is 6.42 Å². The Morgan fingerprint density at radius 3 is 2.62 bits per heavy atom. The van der Waals surface area contributed by atoms with E-state index in [0.717, 1.165) is 22.8 Å². The van der Waals surface area contributed by atoms with E-state index in [2.05, 4.69) is 25.8 Å². The molecule has 0 spiro atoms. The van der Waals surface area contributed by atoms with Crippen molar-refractivity contribution in [3.63, 3.8) is 0 Å². The van der Waals surface area contributed by atoms with Crippen molar-refractivity contribution in [3.8, 4) is 0 Å². The molecule has 0 aromatic heterocycles. The highest BCUT2D eigenvalue weighted by molar-refractivity contribution is 6.33. The summed E-state index contributed by atoms with van der Waals surface area (Å²) in [4.78, 5) is 2.21. The van der Waals surface area contributed by atoms with Gasteiger partial charge in [-0.2, -0.15) is 0 Å². The van der Waals surface area contributed by atoms with E-state index < -0.39 is 0 Å². The maximum absolute atomic E-state index is 6.23. The molecule has 0 aliphatic carbocycles. The zero-order valence-corrected chi connectivity index (χ0v) is 11.1. The van der Waals surface area contributed by atoms with Gasteiger partial charge in [-0.3, -0.25) is 0 Å². The van der Waals surface area contributed by atoms with Gasteiger partial charge in [-0.25, -0.2) is 0 Å². The molecule has 16 heavy (non-hydrogen) atoms. The third kappa shape index (κ3) is 3.39. The summed E-state index contributed by atoms with van der Waals surface area (Å²) in [7, 11) is 2.08. The highest BCUT2D eigenvalue weighted by Gasteiger charge is 2.09. The fourth-order valence-electron chi connectivity index (χ4n) is 1.68. The predicted octanol–water partition coefficient (Wildman–Crippen LogP) is 3.28. The summed E-state index contributed by atoms with van der Waals surface area (Å²) in [6.45, 7) is 6.02. The zero-order valence-electron chi connectivity index (χ0n) is 10.3. The van der Waals surface area contributed by atoms with E-state index in [1.54, 1.807) is 0 Å². The Hall–Kier alpha value is -0.730. The number of rotatable bonds is 5. The van der Waals surface area contributed by atoms with Crippen LogP contribution in [0.25, 0.3) is 0 Å². The second kappa shape index (κ2) is 6.12. The summed E-state index contributed by atoms with van der Waals surface area (Å²) in [5, 5.41) is 0.786. The summed E-state index contributed by atoms with van der Waals surface area (Å²) in [5.74, 6) is 0.676. The molecule has 0 aliphatic rings. The molecule has 2 nitrogen and oxygen atoms in total. The lowest BCUT2D eigenvalue weighted by molar-refractivity contribution is 0.560. The van der Waals surface area contributed by atoms with E-state index in [-0.39, 0.29) is 0 Å². The normalized spacial score (nSPS) is 12.6. The highest BCUT2D eigenvalue weighted by Crippen LogP contribution is 2.26. The molecule has 90 valence electrons. The van der Waals surface area contributed by atoms with Gasteiger partial charge in [-0.15, -0.1) is 0 Å². The van der Waals surface area contributed by atoms with E-state index in [0.29, 0.717) is 12.5 Å². The SMILES string of the molecule is CCC(C)CN(C)c1ccc(CN)cc1Cl. The van der Waals surface area contributed by atoms with Crippen molar-refractivity contribution in [1.29, 1.82) is 0 Å². The number of nitrogens with zero attached hydrogens (tertiary/aromatic N) is 1. The monoisotopic (exact) mass is 240 g/mol. The van der Waals surface area contributed by atoms with Crippen molar-refractivity contribution in [3.05, 3.63) is 28.8 Å². The van der Waals surface area contributed by atoms with Crippen LogP contribution in [0, 0.1) is 5.92 Å². The molecule has 1 rings (SSSR count). The van der Waals surface area contributed by atoms with Crippen LogP contribution in [0.1, 0.15) is 25.8 Å². The Morgan fingerprint density at radius 2 is 2.12 bits per heavy atom. The number of halogens is 1. The van der Waals surface area contributed by atoms with Crippen molar-refractivity contribution in [2.75, 3.05) is 18.5 Å². The number of hydrogen-bond donors (Lipinski definition) is 1. The van der Waals surface area contributed by atoms with Crippen LogP contribution >= 0.6 is 11.6 Å². The van der Waals surface area contributed by atoms with Crippen LogP contribution < -0.4 is 10.6 Å². The summed E-state index contributed by atoms with van der Waals surface area (Å²) < 4.78 is 0. The first-order chi connectivity index (χ1) is 7.58. The lowest BCUT2D eigenvalue weighted by Crippen LogP contribution is -2.23. The van der Waals surface area contributed by atoms with Crippen LogP contribution in [-0.4, -0.2) is 13.6 Å². The van der Waals surface area contributed by atoms with Crippen LogP contribution in [0.2, 0.25) is 5.02 Å². The van der Waals surface area contributed by atoms with Crippen molar-refractivity contribution < 1.29 is 0 Å². The highest BCUT2D eigenvalue weighted by atomic mass is 35.5. The van der Waals surface area contributed by atoms with Gasteiger partial charge in [0.1, 0.15) is 0 Å². The van der Waals surface area contributed by atoms with Gasteiger partial charge >= 0.3 is 0 Å². The van der Waals surface area contributed by atoms with Gasteiger partial charge in [-0.1, -0.05) is 37.9 Å². The van der Waals surface area contributed by atoms with E-state index >= 15 is 0 Å². The Morgan fingerprint density at radius 1 is 1.44 bits per heavy atom. The van der Waals surface area contributed by atoms with Crippen LogP contribution in [0.5, 0.6) is 0 Å². The van der Waals surface area contributed by atoms with Crippen LogP contribution in [0.3, 0.4) is 0 Å². The van der Waals surface area contributed by atoms with Gasteiger partial charge in [0.15, 0.2) is 0 Å². The summed E-state index contributed by atoms with van der Waals surface area (Å²) >= 11 is 6.23. The molecule has 1 aromatic rings. The van der Waals surface area contributed by atoms with E-state index in [9.17, 15) is 0 Å². The predicted molar refractivity (Wildman–Crippen MR) is 72.1 cm³/mol. The molecule has 0 saturated carbocycles. The molecule has 1 unspecified atom stereocenters. The Bertz CT molecular complexity index is 339. The second-order valence-electron chi connectivity index (χ2n) is 4.38. The molecule has 1 aromatic carbocycles. The molecule has 1 atom stereocenters. The third-order valence-electron chi connectivity index (χ3n) is 2.94. The summed E-state index contributed by atoms with van der Waals surface area (Å²) in [5.41, 5.74) is 7.73. The number of nitrogens with two attached hydrogens (primary N) is 1. The summed E-state index contributed by atoms with van der Waals surface area (Å²) in [6, 6.07) is 6.03. The zero-order chi connectivity index (χ0) is 12.1. The minimum Gasteiger partial charge on any atom is -0.373 e. The van der Waals surface area contributed by atoms with E-state index in [4.69, 9.17) is 17.3 Å². The Balaban J connectivity index is 2.79. The van der Waals surface area contributed by atoms with Gasteiger partial charge < -0.3 is 10.6 Å². The molecular formula is C13H21ClN2. The molecule has 0 bridgehead atoms. The van der Waals surface area contributed by atoms with Crippen LogP contribution in [-0.2, 0) is 6.54 Å². The molecule has 0 aliphatic heterocycles. The average molecular weight is 241 g/mol. The minimum absolute atomic E-state index is 0.537. The minimum atomic E-state index is 0.537. The fourth-order valence-corrected chi connectivity index (χ4v) is 2.03. The van der Waals surface area contributed by atoms with Crippen molar-refractivity contribution >= 4 is 17.3 Å². The quantitative estimate of drug-likeness (QED) is 0.856. The average Bonchev–Trinajstić information content (AvgIpc) is 2.28. The first-order valence-corrected chi connectivity index (χ1v) is 6.15. The number of hydrogen-bond acceptors (Lipinski definition) is 2. The van der Waals surface area contributed by atoms with Gasteiger partial charge in [0, 0.05) is 20.1 Å². The molecular weight excluding hydrogens is 220 g/mol. The van der Waals surface area contributed by atoms with Crippen molar-refractivity contribution in [1.82, 2.24) is 0 Å².